The van der Waals surface area contributed by atoms with E-state index in [-0.39, 0.29) is 33.8 Å². The summed E-state index contributed by atoms with van der Waals surface area (Å²) in [5.74, 6) is 2.70. The molecule has 7 rings (SSSR count). The lowest BCUT2D eigenvalue weighted by atomic mass is 9.33. The van der Waals surface area contributed by atoms with E-state index < -0.39 is 23.7 Å². The second kappa shape index (κ2) is 14.0. The number of fused-ring (bicyclic) bond motifs is 7. The Morgan fingerprint density at radius 3 is 2.31 bits per heavy atom. The molecule has 1 unspecified atom stereocenters. The molecule has 0 aromatic heterocycles. The fourth-order valence-electron chi connectivity index (χ4n) is 14.6. The SMILES string of the molecule is C=C(C)C1CC[C@]2(NCCC(C)(C)O)CC[C@]3(C)[C@H](CC[C@@H]4[C@@]5(C)CC=C(C6=CC[C@](CF)(C(=O)OCc7ccccc7)CC6)C(C)(C)[C@@H]5CC[C@]43C)[C@@H]12. The van der Waals surface area contributed by atoms with Crippen molar-refractivity contribution in [2.24, 2.45) is 56.7 Å². The van der Waals surface area contributed by atoms with Crippen LogP contribution in [0.1, 0.15) is 144 Å². The molecule has 0 aliphatic heterocycles. The van der Waals surface area contributed by atoms with Gasteiger partial charge < -0.3 is 15.2 Å². The van der Waals surface area contributed by atoms with E-state index in [9.17, 15) is 14.3 Å². The van der Waals surface area contributed by atoms with E-state index in [1.165, 1.54) is 68.1 Å². The van der Waals surface area contributed by atoms with Gasteiger partial charge in [0.2, 0.25) is 0 Å². The molecule has 0 spiro atoms. The third kappa shape index (κ3) is 6.33. The van der Waals surface area contributed by atoms with Crippen LogP contribution in [0.2, 0.25) is 0 Å². The molecule has 1 aromatic rings. The number of benzene rings is 1. The Kier molecular flexibility index (Phi) is 10.4. The largest absolute Gasteiger partial charge is 0.460 e. The van der Waals surface area contributed by atoms with E-state index in [4.69, 9.17) is 4.74 Å². The van der Waals surface area contributed by atoms with Crippen LogP contribution < -0.4 is 5.32 Å². The van der Waals surface area contributed by atoms with Crippen LogP contribution in [0.25, 0.3) is 0 Å². The predicted octanol–water partition coefficient (Wildman–Crippen LogP) is 11.5. The molecule has 6 aliphatic carbocycles. The van der Waals surface area contributed by atoms with Crippen molar-refractivity contribution in [1.29, 1.82) is 0 Å². The summed E-state index contributed by atoms with van der Waals surface area (Å²) >= 11 is 0. The minimum Gasteiger partial charge on any atom is -0.460 e. The summed E-state index contributed by atoms with van der Waals surface area (Å²) in [4.78, 5) is 13.3. The molecule has 10 atom stereocenters. The number of carbonyl (C=O) groups is 1. The zero-order valence-corrected chi connectivity index (χ0v) is 35.1. The van der Waals surface area contributed by atoms with Gasteiger partial charge in [-0.2, -0.15) is 0 Å². The average molecular weight is 742 g/mol. The topological polar surface area (TPSA) is 58.6 Å². The lowest BCUT2D eigenvalue weighted by molar-refractivity contribution is -0.221. The third-order valence-corrected chi connectivity index (χ3v) is 17.7. The van der Waals surface area contributed by atoms with E-state index in [2.05, 4.69) is 65.6 Å². The lowest BCUT2D eigenvalue weighted by Crippen LogP contribution is -2.68. The normalized spacial score (nSPS) is 41.3. The Bertz CT molecular complexity index is 1660. The number of ether oxygens (including phenoxy) is 1. The van der Waals surface area contributed by atoms with Gasteiger partial charge in [-0.15, -0.1) is 0 Å². The maximum absolute atomic E-state index is 14.7. The molecule has 0 bridgehead atoms. The smallest absolute Gasteiger partial charge is 0.315 e. The highest BCUT2D eigenvalue weighted by Gasteiger charge is 2.70. The monoisotopic (exact) mass is 742 g/mol. The number of hydrogen-bond donors (Lipinski definition) is 2. The first-order valence-corrected chi connectivity index (χ1v) is 21.7. The van der Waals surface area contributed by atoms with Gasteiger partial charge in [-0.1, -0.05) is 89.3 Å². The van der Waals surface area contributed by atoms with Crippen molar-refractivity contribution >= 4 is 5.97 Å². The van der Waals surface area contributed by atoms with Crippen LogP contribution in [0, 0.1) is 56.7 Å². The van der Waals surface area contributed by atoms with Gasteiger partial charge in [0.05, 0.1) is 11.0 Å². The number of allylic oxidation sites excluding steroid dienone is 5. The lowest BCUT2D eigenvalue weighted by Gasteiger charge is -2.72. The number of esters is 1. The summed E-state index contributed by atoms with van der Waals surface area (Å²) in [7, 11) is 0. The molecule has 4 saturated carbocycles. The molecular formula is C49H72FNO3. The van der Waals surface area contributed by atoms with E-state index in [0.29, 0.717) is 42.4 Å². The van der Waals surface area contributed by atoms with Crippen LogP contribution in [0.4, 0.5) is 4.39 Å². The molecule has 2 N–H and O–H groups in total. The Hall–Kier alpha value is -2.24. The molecule has 4 fully saturated rings. The van der Waals surface area contributed by atoms with Crippen molar-refractivity contribution in [1.82, 2.24) is 5.32 Å². The maximum atomic E-state index is 14.7. The Morgan fingerprint density at radius 1 is 0.926 bits per heavy atom. The number of halogens is 1. The second-order valence-electron chi connectivity index (χ2n) is 21.3. The molecule has 0 radical (unpaired) electrons. The first-order chi connectivity index (χ1) is 25.4. The van der Waals surface area contributed by atoms with Crippen LogP contribution in [-0.4, -0.2) is 35.4 Å². The van der Waals surface area contributed by atoms with Crippen LogP contribution in [-0.2, 0) is 16.1 Å². The van der Waals surface area contributed by atoms with Crippen LogP contribution in [0.5, 0.6) is 0 Å². The highest BCUT2D eigenvalue weighted by atomic mass is 19.1. The molecule has 298 valence electrons. The van der Waals surface area contributed by atoms with Gasteiger partial charge in [0, 0.05) is 5.54 Å². The zero-order valence-electron chi connectivity index (χ0n) is 35.1. The summed E-state index contributed by atoms with van der Waals surface area (Å²) in [6.07, 6.45) is 18.4. The molecular weight excluding hydrogens is 670 g/mol. The van der Waals surface area contributed by atoms with Crippen LogP contribution >= 0.6 is 0 Å². The number of hydrogen-bond acceptors (Lipinski definition) is 4. The molecule has 6 aliphatic rings. The van der Waals surface area contributed by atoms with Gasteiger partial charge in [0.25, 0.3) is 0 Å². The van der Waals surface area contributed by atoms with Crippen molar-refractivity contribution in [2.45, 2.75) is 157 Å². The third-order valence-electron chi connectivity index (χ3n) is 17.7. The van der Waals surface area contributed by atoms with E-state index in [1.807, 2.05) is 44.2 Å². The first-order valence-electron chi connectivity index (χ1n) is 21.7. The maximum Gasteiger partial charge on any atom is 0.315 e. The molecule has 0 saturated heterocycles. The number of carbonyl (C=O) groups excluding carboxylic acids is 1. The quantitative estimate of drug-likeness (QED) is 0.185. The molecule has 0 heterocycles. The number of alkyl halides is 1. The Labute approximate surface area is 327 Å². The van der Waals surface area contributed by atoms with Crippen molar-refractivity contribution in [3.05, 3.63) is 71.3 Å². The summed E-state index contributed by atoms with van der Waals surface area (Å²) in [5.41, 5.74) is 4.27. The standard InChI is InChI=1S/C49H72FNO3/c1-33(2)36-19-26-49(51-30-29-43(3,4)53)28-27-46(8)38(41(36)49)15-16-40-45(7)22-20-37(44(5,6)39(45)21-23-47(40,46)9)35-17-24-48(32-50,25-18-35)42(52)54-31-34-13-11-10-12-14-34/h10-14,17,20,36,38-41,51,53H,1,15-16,18-19,21-32H2,2-9H3/t36?,38-,39+,40-,41-,45+,46-,47-,48+,49+/m1/s1. The van der Waals surface area contributed by atoms with Gasteiger partial charge in [-0.3, -0.25) is 4.79 Å². The number of rotatable bonds is 10. The van der Waals surface area contributed by atoms with Crippen LogP contribution in [0.15, 0.2) is 65.8 Å². The fourth-order valence-corrected chi connectivity index (χ4v) is 14.6. The van der Waals surface area contributed by atoms with Gasteiger partial charge >= 0.3 is 5.97 Å². The minimum atomic E-state index is -1.09. The van der Waals surface area contributed by atoms with Crippen molar-refractivity contribution in [2.75, 3.05) is 13.2 Å². The van der Waals surface area contributed by atoms with Gasteiger partial charge in [-0.05, 0) is 179 Å². The van der Waals surface area contributed by atoms with Crippen molar-refractivity contribution < 1.29 is 19.0 Å². The predicted molar refractivity (Wildman–Crippen MR) is 218 cm³/mol. The highest BCUT2D eigenvalue weighted by molar-refractivity contribution is 5.78. The van der Waals surface area contributed by atoms with Crippen LogP contribution in [0.3, 0.4) is 0 Å². The van der Waals surface area contributed by atoms with E-state index in [1.54, 1.807) is 0 Å². The summed E-state index contributed by atoms with van der Waals surface area (Å²) in [6.45, 7) is 24.2. The molecule has 1 aromatic carbocycles. The molecule has 5 heteroatoms. The van der Waals surface area contributed by atoms with Crippen molar-refractivity contribution in [3.63, 3.8) is 0 Å². The summed E-state index contributed by atoms with van der Waals surface area (Å²) < 4.78 is 20.4. The summed E-state index contributed by atoms with van der Waals surface area (Å²) in [5, 5.41) is 14.7. The van der Waals surface area contributed by atoms with Crippen molar-refractivity contribution in [3.8, 4) is 0 Å². The second-order valence-corrected chi connectivity index (χ2v) is 21.3. The highest BCUT2D eigenvalue weighted by Crippen LogP contribution is 2.76. The zero-order chi connectivity index (χ0) is 39.0. The fraction of sp³-hybridized carbons (Fsp3) is 0.735. The van der Waals surface area contributed by atoms with E-state index in [0.717, 1.165) is 31.4 Å². The van der Waals surface area contributed by atoms with Gasteiger partial charge in [0.1, 0.15) is 13.3 Å². The first kappa shape index (κ1) is 40.0. The average Bonchev–Trinajstić information content (AvgIpc) is 3.51. The molecule has 0 amide bonds. The number of nitrogens with one attached hydrogen (secondary N) is 1. The minimum absolute atomic E-state index is 0.00404. The molecule has 4 nitrogen and oxygen atoms in total. The Balaban J connectivity index is 1.12. The number of aliphatic hydroxyl groups is 1. The summed E-state index contributed by atoms with van der Waals surface area (Å²) in [6, 6.07) is 9.69. The van der Waals surface area contributed by atoms with Gasteiger partial charge in [0.15, 0.2) is 0 Å². The van der Waals surface area contributed by atoms with Gasteiger partial charge in [-0.25, -0.2) is 4.39 Å². The Morgan fingerprint density at radius 2 is 1.67 bits per heavy atom. The molecule has 54 heavy (non-hydrogen) atoms. The van der Waals surface area contributed by atoms with E-state index >= 15 is 0 Å².